The molecule has 0 aliphatic carbocycles. The number of carbonyl (C=O) groups is 1. The smallest absolute Gasteiger partial charge is 0.267 e. The normalized spacial score (nSPS) is 10.5. The molecule has 0 aliphatic rings. The summed E-state index contributed by atoms with van der Waals surface area (Å²) in [5.74, 6) is 0.403. The molecule has 0 saturated carbocycles. The van der Waals surface area contributed by atoms with E-state index in [9.17, 15) is 9.59 Å². The molecule has 0 aliphatic heterocycles. The van der Waals surface area contributed by atoms with Crippen molar-refractivity contribution in [2.45, 2.75) is 13.3 Å². The fourth-order valence-corrected chi connectivity index (χ4v) is 2.63. The monoisotopic (exact) mass is 334 g/mol. The molecule has 5 heteroatoms. The highest BCUT2D eigenvalue weighted by Crippen LogP contribution is 2.24. The Hall–Kier alpha value is -3.21. The first-order chi connectivity index (χ1) is 12.1. The minimum absolute atomic E-state index is 0.109. The Morgan fingerprint density at radius 3 is 2.56 bits per heavy atom. The lowest BCUT2D eigenvalue weighted by Crippen LogP contribution is -2.13. The zero-order valence-corrected chi connectivity index (χ0v) is 14.1. The average molecular weight is 334 g/mol. The Labute approximate surface area is 145 Å². The lowest BCUT2D eigenvalue weighted by atomic mass is 9.97. The molecule has 2 aromatic carbocycles. The molecule has 0 atom stereocenters. The van der Waals surface area contributed by atoms with Crippen LogP contribution in [0.25, 0.3) is 0 Å². The van der Waals surface area contributed by atoms with Crippen molar-refractivity contribution in [1.29, 1.82) is 0 Å². The molecule has 0 saturated heterocycles. The highest BCUT2D eigenvalue weighted by atomic mass is 16.5. The zero-order chi connectivity index (χ0) is 17.8. The lowest BCUT2D eigenvalue weighted by molar-refractivity contribution is 0.103. The van der Waals surface area contributed by atoms with Crippen LogP contribution in [0.2, 0.25) is 0 Å². The molecule has 25 heavy (non-hydrogen) atoms. The van der Waals surface area contributed by atoms with Crippen LogP contribution in [-0.4, -0.2) is 23.1 Å². The molecule has 1 N–H and O–H groups in total. The van der Waals surface area contributed by atoms with Crippen molar-refractivity contribution < 1.29 is 9.53 Å². The maximum absolute atomic E-state index is 12.9. The van der Waals surface area contributed by atoms with Gasteiger partial charge in [0.1, 0.15) is 5.75 Å². The van der Waals surface area contributed by atoms with Gasteiger partial charge in [0, 0.05) is 23.7 Å². The van der Waals surface area contributed by atoms with E-state index in [1.165, 1.54) is 7.11 Å². The summed E-state index contributed by atoms with van der Waals surface area (Å²) in [6.07, 6.45) is 1.95. The standard InChI is InChI=1S/C20H18N2O3/c1-13-3-6-15(7-4-13)19(23)17-12-14(5-8-18(17)25-2)11-16-9-10-21-22-20(16)24/h3-10,12H,11H2,1-2H3,(H,22,24). The first-order valence-corrected chi connectivity index (χ1v) is 7.89. The molecule has 0 unspecified atom stereocenters. The van der Waals surface area contributed by atoms with Crippen molar-refractivity contribution in [2.24, 2.45) is 0 Å². The van der Waals surface area contributed by atoms with Gasteiger partial charge in [-0.15, -0.1) is 0 Å². The van der Waals surface area contributed by atoms with Gasteiger partial charge in [-0.3, -0.25) is 9.59 Å². The quantitative estimate of drug-likeness (QED) is 0.728. The topological polar surface area (TPSA) is 72.0 Å². The second kappa shape index (κ2) is 7.13. The fraction of sp³-hybridized carbons (Fsp3) is 0.150. The largest absolute Gasteiger partial charge is 0.496 e. The van der Waals surface area contributed by atoms with Crippen molar-refractivity contribution in [1.82, 2.24) is 10.2 Å². The highest BCUT2D eigenvalue weighted by Gasteiger charge is 2.15. The van der Waals surface area contributed by atoms with Crippen LogP contribution in [0, 0.1) is 6.92 Å². The summed E-state index contributed by atoms with van der Waals surface area (Å²) in [6, 6.07) is 14.5. The number of H-pyrrole nitrogens is 1. The molecular weight excluding hydrogens is 316 g/mol. The van der Waals surface area contributed by atoms with Gasteiger partial charge in [-0.25, -0.2) is 5.10 Å². The molecule has 126 valence electrons. The van der Waals surface area contributed by atoms with Gasteiger partial charge in [0.25, 0.3) is 5.56 Å². The first-order valence-electron chi connectivity index (χ1n) is 7.89. The summed E-state index contributed by atoms with van der Waals surface area (Å²) in [4.78, 5) is 24.7. The third-order valence-corrected chi connectivity index (χ3v) is 4.02. The van der Waals surface area contributed by atoms with Gasteiger partial charge in [0.15, 0.2) is 5.78 Å². The van der Waals surface area contributed by atoms with Crippen LogP contribution in [0.3, 0.4) is 0 Å². The maximum atomic E-state index is 12.9. The van der Waals surface area contributed by atoms with E-state index in [0.717, 1.165) is 11.1 Å². The SMILES string of the molecule is COc1ccc(Cc2ccn[nH]c2=O)cc1C(=O)c1ccc(C)cc1. The summed E-state index contributed by atoms with van der Waals surface area (Å²) in [5.41, 5.74) is 3.39. The number of nitrogens with one attached hydrogen (secondary N) is 1. The average Bonchev–Trinajstić information content (AvgIpc) is 2.63. The van der Waals surface area contributed by atoms with E-state index >= 15 is 0 Å². The number of benzene rings is 2. The molecule has 0 radical (unpaired) electrons. The van der Waals surface area contributed by atoms with E-state index in [4.69, 9.17) is 4.74 Å². The van der Waals surface area contributed by atoms with E-state index in [1.807, 2.05) is 25.1 Å². The Morgan fingerprint density at radius 1 is 1.12 bits per heavy atom. The fourth-order valence-electron chi connectivity index (χ4n) is 2.63. The van der Waals surface area contributed by atoms with Crippen molar-refractivity contribution >= 4 is 5.78 Å². The van der Waals surface area contributed by atoms with E-state index < -0.39 is 0 Å². The predicted molar refractivity (Wildman–Crippen MR) is 95.3 cm³/mol. The summed E-state index contributed by atoms with van der Waals surface area (Å²) in [5, 5.41) is 6.11. The van der Waals surface area contributed by atoms with Gasteiger partial charge >= 0.3 is 0 Å². The summed E-state index contributed by atoms with van der Waals surface area (Å²) < 4.78 is 5.34. The predicted octanol–water partition coefficient (Wildman–Crippen LogP) is 2.91. The second-order valence-corrected chi connectivity index (χ2v) is 5.82. The van der Waals surface area contributed by atoms with Gasteiger partial charge in [0.05, 0.1) is 12.7 Å². The summed E-state index contributed by atoms with van der Waals surface area (Å²) in [7, 11) is 1.54. The number of aryl methyl sites for hydroxylation is 1. The summed E-state index contributed by atoms with van der Waals surface area (Å²) in [6.45, 7) is 1.97. The van der Waals surface area contributed by atoms with Crippen LogP contribution in [0.15, 0.2) is 59.5 Å². The van der Waals surface area contributed by atoms with Crippen LogP contribution in [0.5, 0.6) is 5.75 Å². The Morgan fingerprint density at radius 2 is 1.88 bits per heavy atom. The minimum atomic E-state index is -0.232. The number of carbonyl (C=O) groups excluding carboxylic acids is 1. The molecule has 1 heterocycles. The maximum Gasteiger partial charge on any atom is 0.267 e. The molecule has 0 spiro atoms. The number of methoxy groups -OCH3 is 1. The molecule has 3 rings (SSSR count). The van der Waals surface area contributed by atoms with Crippen LogP contribution in [-0.2, 0) is 6.42 Å². The molecule has 3 aromatic rings. The highest BCUT2D eigenvalue weighted by molar-refractivity contribution is 6.10. The number of hydrogen-bond donors (Lipinski definition) is 1. The van der Waals surface area contributed by atoms with Crippen molar-refractivity contribution in [3.05, 3.63) is 92.9 Å². The van der Waals surface area contributed by atoms with Gasteiger partial charge < -0.3 is 4.74 Å². The Bertz CT molecular complexity index is 959. The number of rotatable bonds is 5. The van der Waals surface area contributed by atoms with Crippen LogP contribution in [0.1, 0.15) is 32.6 Å². The number of aromatic nitrogens is 2. The molecular formula is C20H18N2O3. The molecule has 0 fully saturated rings. The minimum Gasteiger partial charge on any atom is -0.496 e. The molecule has 1 aromatic heterocycles. The van der Waals surface area contributed by atoms with E-state index in [-0.39, 0.29) is 11.3 Å². The third kappa shape index (κ3) is 3.66. The van der Waals surface area contributed by atoms with Crippen LogP contribution >= 0.6 is 0 Å². The third-order valence-electron chi connectivity index (χ3n) is 4.02. The van der Waals surface area contributed by atoms with E-state index in [0.29, 0.717) is 28.9 Å². The van der Waals surface area contributed by atoms with Gasteiger partial charge in [-0.2, -0.15) is 5.10 Å². The van der Waals surface area contributed by atoms with E-state index in [1.54, 1.807) is 36.5 Å². The zero-order valence-electron chi connectivity index (χ0n) is 14.1. The summed E-state index contributed by atoms with van der Waals surface area (Å²) >= 11 is 0. The van der Waals surface area contributed by atoms with E-state index in [2.05, 4.69) is 10.2 Å². The Balaban J connectivity index is 1.98. The first kappa shape index (κ1) is 16.6. The molecule has 5 nitrogen and oxygen atoms in total. The number of hydrogen-bond acceptors (Lipinski definition) is 4. The second-order valence-electron chi connectivity index (χ2n) is 5.82. The van der Waals surface area contributed by atoms with Gasteiger partial charge in [0.2, 0.25) is 0 Å². The van der Waals surface area contributed by atoms with Crippen LogP contribution < -0.4 is 10.3 Å². The van der Waals surface area contributed by atoms with Crippen molar-refractivity contribution in [3.63, 3.8) is 0 Å². The number of aromatic amines is 1. The van der Waals surface area contributed by atoms with Crippen LogP contribution in [0.4, 0.5) is 0 Å². The lowest BCUT2D eigenvalue weighted by Gasteiger charge is -2.10. The van der Waals surface area contributed by atoms with Gasteiger partial charge in [-0.05, 0) is 30.7 Å². The Kier molecular flexibility index (Phi) is 4.75. The van der Waals surface area contributed by atoms with Gasteiger partial charge in [-0.1, -0.05) is 35.9 Å². The molecule has 0 bridgehead atoms. The van der Waals surface area contributed by atoms with Crippen molar-refractivity contribution in [3.8, 4) is 5.75 Å². The number of ketones is 1. The molecule has 0 amide bonds. The number of ether oxygens (including phenoxy) is 1. The van der Waals surface area contributed by atoms with Crippen molar-refractivity contribution in [2.75, 3.05) is 7.11 Å². The number of nitrogens with zero attached hydrogens (tertiary/aromatic N) is 1.